The van der Waals surface area contributed by atoms with E-state index in [1.54, 1.807) is 24.3 Å². The summed E-state index contributed by atoms with van der Waals surface area (Å²) in [5, 5.41) is 4.32. The number of aromatic nitrogens is 2. The molecule has 206 valence electrons. The van der Waals surface area contributed by atoms with Gasteiger partial charge in [-0.2, -0.15) is 0 Å². The molecule has 0 aliphatic rings. The van der Waals surface area contributed by atoms with Crippen molar-refractivity contribution < 1.29 is 14.3 Å². The molecule has 0 fully saturated rings. The minimum absolute atomic E-state index is 0.00393. The summed E-state index contributed by atoms with van der Waals surface area (Å²) >= 11 is 12.0. The zero-order valence-corrected chi connectivity index (χ0v) is 23.8. The number of unbranched alkanes of at least 4 members (excludes halogenated alkanes) is 3. The quantitative estimate of drug-likeness (QED) is 0.152. The molecule has 1 amide bonds. The number of ether oxygens (including phenoxy) is 2. The Morgan fingerprint density at radius 1 is 0.897 bits per heavy atom. The van der Waals surface area contributed by atoms with Gasteiger partial charge in [-0.15, -0.1) is 0 Å². The number of hydrogen-bond acceptors (Lipinski definition) is 4. The topological polar surface area (TPSA) is 65.4 Å². The molecule has 0 saturated heterocycles. The van der Waals surface area contributed by atoms with Crippen molar-refractivity contribution in [2.75, 3.05) is 19.8 Å². The van der Waals surface area contributed by atoms with E-state index in [1.807, 2.05) is 31.2 Å². The zero-order valence-electron chi connectivity index (χ0n) is 22.3. The lowest BCUT2D eigenvalue weighted by Crippen LogP contribution is -2.29. The fraction of sp³-hybridized carbons (Fsp3) is 0.355. The molecule has 8 heteroatoms. The summed E-state index contributed by atoms with van der Waals surface area (Å²) in [7, 11) is 0. The van der Waals surface area contributed by atoms with Crippen molar-refractivity contribution in [2.24, 2.45) is 0 Å². The summed E-state index contributed by atoms with van der Waals surface area (Å²) in [5.74, 6) is 2.48. The molecule has 0 unspecified atom stereocenters. The SMILES string of the molecule is Cc1cc(OCCCCn2c(CCCCCNC(=O)COc3ccc(Cl)cc3)nc3ccccc32)ccc1Cl. The van der Waals surface area contributed by atoms with E-state index >= 15 is 0 Å². The smallest absolute Gasteiger partial charge is 0.257 e. The van der Waals surface area contributed by atoms with Crippen molar-refractivity contribution in [1.29, 1.82) is 0 Å². The Kier molecular flexibility index (Phi) is 10.9. The number of rotatable bonds is 15. The molecule has 1 heterocycles. The Morgan fingerprint density at radius 2 is 1.69 bits per heavy atom. The van der Waals surface area contributed by atoms with Gasteiger partial charge in [0.2, 0.25) is 0 Å². The van der Waals surface area contributed by atoms with Crippen LogP contribution in [0.3, 0.4) is 0 Å². The summed E-state index contributed by atoms with van der Waals surface area (Å²) in [6.07, 6.45) is 5.80. The van der Waals surface area contributed by atoms with Crippen molar-refractivity contribution in [3.63, 3.8) is 0 Å². The first-order valence-electron chi connectivity index (χ1n) is 13.5. The Hall–Kier alpha value is -3.22. The summed E-state index contributed by atoms with van der Waals surface area (Å²) in [5.41, 5.74) is 3.23. The van der Waals surface area contributed by atoms with Gasteiger partial charge in [-0.25, -0.2) is 4.98 Å². The molecule has 39 heavy (non-hydrogen) atoms. The average Bonchev–Trinajstić information content (AvgIpc) is 3.29. The minimum Gasteiger partial charge on any atom is -0.494 e. The van der Waals surface area contributed by atoms with Crippen LogP contribution in [-0.4, -0.2) is 35.2 Å². The van der Waals surface area contributed by atoms with Gasteiger partial charge in [0.25, 0.3) is 5.91 Å². The zero-order chi connectivity index (χ0) is 27.5. The lowest BCUT2D eigenvalue weighted by molar-refractivity contribution is -0.123. The second kappa shape index (κ2) is 14.8. The maximum atomic E-state index is 12.0. The Bertz CT molecular complexity index is 1360. The van der Waals surface area contributed by atoms with Crippen molar-refractivity contribution in [2.45, 2.75) is 52.0 Å². The lowest BCUT2D eigenvalue weighted by Gasteiger charge is -2.11. The monoisotopic (exact) mass is 567 g/mol. The van der Waals surface area contributed by atoms with Crippen molar-refractivity contribution in [3.8, 4) is 11.5 Å². The summed E-state index contributed by atoms with van der Waals surface area (Å²) < 4.78 is 13.7. The average molecular weight is 569 g/mol. The molecule has 4 aromatic rings. The van der Waals surface area contributed by atoms with E-state index in [0.29, 0.717) is 23.9 Å². The highest BCUT2D eigenvalue weighted by Crippen LogP contribution is 2.22. The van der Waals surface area contributed by atoms with Gasteiger partial charge < -0.3 is 19.4 Å². The highest BCUT2D eigenvalue weighted by atomic mass is 35.5. The number of aryl methyl sites for hydroxylation is 3. The fourth-order valence-electron chi connectivity index (χ4n) is 4.38. The first-order valence-corrected chi connectivity index (χ1v) is 14.2. The second-order valence-corrected chi connectivity index (χ2v) is 10.4. The molecule has 0 aliphatic carbocycles. The van der Waals surface area contributed by atoms with Crippen molar-refractivity contribution >= 4 is 40.1 Å². The largest absolute Gasteiger partial charge is 0.494 e. The van der Waals surface area contributed by atoms with Crippen LogP contribution in [0.4, 0.5) is 0 Å². The van der Waals surface area contributed by atoms with Crippen LogP contribution < -0.4 is 14.8 Å². The van der Waals surface area contributed by atoms with E-state index in [2.05, 4.69) is 28.1 Å². The molecular weight excluding hydrogens is 533 g/mol. The fourth-order valence-corrected chi connectivity index (χ4v) is 4.62. The van der Waals surface area contributed by atoms with Crippen molar-refractivity contribution in [3.05, 3.63) is 88.2 Å². The molecule has 0 saturated carbocycles. The van der Waals surface area contributed by atoms with Crippen LogP contribution in [0.25, 0.3) is 11.0 Å². The van der Waals surface area contributed by atoms with E-state index in [1.165, 1.54) is 5.52 Å². The van der Waals surface area contributed by atoms with Crippen LogP contribution in [0.15, 0.2) is 66.7 Å². The molecule has 3 aromatic carbocycles. The Morgan fingerprint density at radius 3 is 2.51 bits per heavy atom. The second-order valence-electron chi connectivity index (χ2n) is 9.54. The number of amides is 1. The van der Waals surface area contributed by atoms with Crippen LogP contribution >= 0.6 is 23.2 Å². The molecule has 4 rings (SSSR count). The number of benzene rings is 3. The van der Waals surface area contributed by atoms with Gasteiger partial charge in [0, 0.05) is 29.6 Å². The molecule has 1 aromatic heterocycles. The van der Waals surface area contributed by atoms with Gasteiger partial charge in [0.1, 0.15) is 17.3 Å². The number of carbonyl (C=O) groups excluding carboxylic acids is 1. The van der Waals surface area contributed by atoms with Gasteiger partial charge in [0.15, 0.2) is 6.61 Å². The Balaban J connectivity index is 1.16. The van der Waals surface area contributed by atoms with Gasteiger partial charge in [-0.3, -0.25) is 4.79 Å². The predicted octanol–water partition coefficient (Wildman–Crippen LogP) is 7.42. The van der Waals surface area contributed by atoms with Crippen LogP contribution in [0.1, 0.15) is 43.5 Å². The number of carbonyl (C=O) groups is 1. The van der Waals surface area contributed by atoms with E-state index < -0.39 is 0 Å². The molecule has 1 N–H and O–H groups in total. The molecule has 0 atom stereocenters. The molecular formula is C31H35Cl2N3O3. The summed E-state index contributed by atoms with van der Waals surface area (Å²) in [6, 6.07) is 21.0. The number of para-hydroxylation sites is 2. The van der Waals surface area contributed by atoms with Gasteiger partial charge >= 0.3 is 0 Å². The lowest BCUT2D eigenvalue weighted by atomic mass is 10.2. The highest BCUT2D eigenvalue weighted by molar-refractivity contribution is 6.31. The summed E-state index contributed by atoms with van der Waals surface area (Å²) in [4.78, 5) is 17.0. The van der Waals surface area contributed by atoms with E-state index in [-0.39, 0.29) is 12.5 Å². The molecule has 0 spiro atoms. The van der Waals surface area contributed by atoms with Crippen LogP contribution in [-0.2, 0) is 17.8 Å². The first-order chi connectivity index (χ1) is 19.0. The third kappa shape index (κ3) is 8.91. The van der Waals surface area contributed by atoms with Gasteiger partial charge in [0.05, 0.1) is 17.6 Å². The van der Waals surface area contributed by atoms with Gasteiger partial charge in [-0.05, 0) is 92.8 Å². The standard InChI is InChI=1S/C31H35Cl2N3O3/c1-23-21-26(16-17-27(23)33)38-20-8-7-19-36-29-10-5-4-9-28(29)35-30(36)11-3-2-6-18-34-31(37)22-39-25-14-12-24(32)13-15-25/h4-5,9-10,12-17,21H,2-3,6-8,11,18-20,22H2,1H3,(H,34,37). The summed E-state index contributed by atoms with van der Waals surface area (Å²) in [6.45, 7) is 4.18. The number of nitrogens with one attached hydrogen (secondary N) is 1. The van der Waals surface area contributed by atoms with Crippen LogP contribution in [0.2, 0.25) is 10.0 Å². The van der Waals surface area contributed by atoms with E-state index in [0.717, 1.165) is 72.7 Å². The molecule has 0 bridgehead atoms. The Labute approximate surface area is 240 Å². The first kappa shape index (κ1) is 28.8. The van der Waals surface area contributed by atoms with Crippen LogP contribution in [0.5, 0.6) is 11.5 Å². The number of imidazole rings is 1. The number of hydrogen-bond donors (Lipinski definition) is 1. The van der Waals surface area contributed by atoms with Crippen molar-refractivity contribution in [1.82, 2.24) is 14.9 Å². The van der Waals surface area contributed by atoms with E-state index in [4.69, 9.17) is 37.7 Å². The normalized spacial score (nSPS) is 11.1. The minimum atomic E-state index is -0.123. The maximum Gasteiger partial charge on any atom is 0.257 e. The molecule has 0 radical (unpaired) electrons. The number of fused-ring (bicyclic) bond motifs is 1. The predicted molar refractivity (Wildman–Crippen MR) is 158 cm³/mol. The van der Waals surface area contributed by atoms with Gasteiger partial charge in [-0.1, -0.05) is 41.8 Å². The van der Waals surface area contributed by atoms with E-state index in [9.17, 15) is 4.79 Å². The van der Waals surface area contributed by atoms with Crippen LogP contribution in [0, 0.1) is 6.92 Å². The number of halogens is 2. The molecule has 6 nitrogen and oxygen atoms in total. The third-order valence-electron chi connectivity index (χ3n) is 6.49. The highest BCUT2D eigenvalue weighted by Gasteiger charge is 2.10. The molecule has 0 aliphatic heterocycles. The third-order valence-corrected chi connectivity index (χ3v) is 7.17. The maximum absolute atomic E-state index is 12.0. The number of nitrogens with zero attached hydrogens (tertiary/aromatic N) is 2.